The fourth-order valence-corrected chi connectivity index (χ4v) is 2.69. The van der Waals surface area contributed by atoms with Crippen molar-refractivity contribution in [3.63, 3.8) is 0 Å². The van der Waals surface area contributed by atoms with Crippen molar-refractivity contribution >= 4 is 0 Å². The van der Waals surface area contributed by atoms with E-state index in [-0.39, 0.29) is 0 Å². The third-order valence-corrected chi connectivity index (χ3v) is 4.00. The van der Waals surface area contributed by atoms with Crippen LogP contribution in [0.15, 0.2) is 0 Å². The average molecular weight is 226 g/mol. The monoisotopic (exact) mass is 226 g/mol. The molecule has 0 aromatic rings. The van der Waals surface area contributed by atoms with Gasteiger partial charge >= 0.3 is 0 Å². The number of nitrogens with zero attached hydrogens (tertiary/aromatic N) is 1. The zero-order chi connectivity index (χ0) is 12.0. The molecule has 1 heterocycles. The maximum absolute atomic E-state index is 6.14. The van der Waals surface area contributed by atoms with Crippen LogP contribution in [0, 0.1) is 11.8 Å². The Morgan fingerprint density at radius 2 is 1.88 bits per heavy atom. The normalized spacial score (nSPS) is 21.6. The molecule has 0 aromatic heterocycles. The Bertz CT molecular complexity index is 172. The minimum atomic E-state index is 0.399. The van der Waals surface area contributed by atoms with E-state index in [1.807, 2.05) is 0 Å². The van der Waals surface area contributed by atoms with Crippen molar-refractivity contribution in [1.29, 1.82) is 0 Å². The molecule has 0 saturated carbocycles. The lowest BCUT2D eigenvalue weighted by Gasteiger charge is -2.35. The third kappa shape index (κ3) is 4.84. The van der Waals surface area contributed by atoms with Crippen LogP contribution in [0.1, 0.15) is 52.9 Å². The maximum atomic E-state index is 6.14. The molecule has 1 fully saturated rings. The van der Waals surface area contributed by atoms with E-state index in [2.05, 4.69) is 25.7 Å². The number of nitrogens with two attached hydrogens (primary N) is 1. The maximum Gasteiger partial charge on any atom is 0.0167 e. The summed E-state index contributed by atoms with van der Waals surface area (Å²) in [6.45, 7) is 10.6. The highest BCUT2D eigenvalue weighted by Crippen LogP contribution is 2.24. The second kappa shape index (κ2) is 7.29. The summed E-state index contributed by atoms with van der Waals surface area (Å²) >= 11 is 0. The van der Waals surface area contributed by atoms with Gasteiger partial charge in [-0.25, -0.2) is 0 Å². The van der Waals surface area contributed by atoms with Crippen molar-refractivity contribution in [3.05, 3.63) is 0 Å². The highest BCUT2D eigenvalue weighted by atomic mass is 15.1. The molecule has 0 aliphatic carbocycles. The first kappa shape index (κ1) is 14.0. The van der Waals surface area contributed by atoms with Crippen LogP contribution < -0.4 is 5.73 Å². The van der Waals surface area contributed by atoms with Gasteiger partial charge in [-0.15, -0.1) is 0 Å². The van der Waals surface area contributed by atoms with Crippen molar-refractivity contribution in [2.24, 2.45) is 17.6 Å². The number of hydrogen-bond acceptors (Lipinski definition) is 2. The van der Waals surface area contributed by atoms with E-state index in [1.165, 1.54) is 45.2 Å². The molecular weight excluding hydrogens is 196 g/mol. The zero-order valence-electron chi connectivity index (χ0n) is 11.4. The van der Waals surface area contributed by atoms with E-state index in [0.29, 0.717) is 6.04 Å². The van der Waals surface area contributed by atoms with Gasteiger partial charge in [0.2, 0.25) is 0 Å². The van der Waals surface area contributed by atoms with Gasteiger partial charge in [0.15, 0.2) is 0 Å². The summed E-state index contributed by atoms with van der Waals surface area (Å²) in [5, 5.41) is 0. The van der Waals surface area contributed by atoms with Crippen LogP contribution in [-0.2, 0) is 0 Å². The summed E-state index contributed by atoms with van der Waals surface area (Å²) in [6.07, 6.45) is 6.49. The molecule has 1 atom stereocenters. The molecule has 2 N–H and O–H groups in total. The fourth-order valence-electron chi connectivity index (χ4n) is 2.69. The Morgan fingerprint density at radius 1 is 1.25 bits per heavy atom. The second-order valence-corrected chi connectivity index (χ2v) is 5.78. The van der Waals surface area contributed by atoms with E-state index in [0.717, 1.165) is 18.4 Å². The zero-order valence-corrected chi connectivity index (χ0v) is 11.4. The Kier molecular flexibility index (Phi) is 6.37. The van der Waals surface area contributed by atoms with Crippen molar-refractivity contribution < 1.29 is 0 Å². The molecular formula is C14H30N2. The summed E-state index contributed by atoms with van der Waals surface area (Å²) in [4.78, 5) is 2.57. The Labute approximate surface area is 102 Å². The lowest BCUT2D eigenvalue weighted by Crippen LogP contribution is -2.42. The summed E-state index contributed by atoms with van der Waals surface area (Å²) in [7, 11) is 0. The highest BCUT2D eigenvalue weighted by molar-refractivity contribution is 4.77. The van der Waals surface area contributed by atoms with E-state index in [1.54, 1.807) is 0 Å². The number of unbranched alkanes of at least 4 members (excludes halogenated alkanes) is 1. The van der Waals surface area contributed by atoms with E-state index < -0.39 is 0 Å². The molecule has 1 rings (SSSR count). The Hall–Kier alpha value is -0.0800. The van der Waals surface area contributed by atoms with Gasteiger partial charge in [-0.3, -0.25) is 0 Å². The van der Waals surface area contributed by atoms with Gasteiger partial charge in [0, 0.05) is 12.6 Å². The summed E-state index contributed by atoms with van der Waals surface area (Å²) in [5.74, 6) is 1.80. The van der Waals surface area contributed by atoms with Crippen LogP contribution in [0.4, 0.5) is 0 Å². The van der Waals surface area contributed by atoms with Crippen molar-refractivity contribution in [1.82, 2.24) is 4.90 Å². The molecule has 1 unspecified atom stereocenters. The van der Waals surface area contributed by atoms with Gasteiger partial charge in [0.25, 0.3) is 0 Å². The van der Waals surface area contributed by atoms with Crippen molar-refractivity contribution in [3.8, 4) is 0 Å². The minimum Gasteiger partial charge on any atom is -0.327 e. The molecule has 1 saturated heterocycles. The molecule has 1 aliphatic rings. The SMILES string of the molecule is CCCCC(N)CN1CCC(C(C)C)CC1. The summed E-state index contributed by atoms with van der Waals surface area (Å²) in [6, 6.07) is 0.399. The highest BCUT2D eigenvalue weighted by Gasteiger charge is 2.22. The molecule has 0 amide bonds. The molecule has 2 heteroatoms. The lowest BCUT2D eigenvalue weighted by molar-refractivity contribution is 0.149. The number of hydrogen-bond donors (Lipinski definition) is 1. The summed E-state index contributed by atoms with van der Waals surface area (Å²) in [5.41, 5.74) is 6.14. The first-order valence-electron chi connectivity index (χ1n) is 7.11. The average Bonchev–Trinajstić information content (AvgIpc) is 2.27. The first-order valence-corrected chi connectivity index (χ1v) is 7.11. The van der Waals surface area contributed by atoms with Crippen LogP contribution in [-0.4, -0.2) is 30.6 Å². The summed E-state index contributed by atoms with van der Waals surface area (Å²) < 4.78 is 0. The molecule has 1 aliphatic heterocycles. The first-order chi connectivity index (χ1) is 7.63. The van der Waals surface area contributed by atoms with Gasteiger partial charge < -0.3 is 10.6 Å². The van der Waals surface area contributed by atoms with Crippen LogP contribution in [0.3, 0.4) is 0 Å². The minimum absolute atomic E-state index is 0.399. The largest absolute Gasteiger partial charge is 0.327 e. The van der Waals surface area contributed by atoms with E-state index >= 15 is 0 Å². The van der Waals surface area contributed by atoms with Gasteiger partial charge in [-0.1, -0.05) is 33.6 Å². The van der Waals surface area contributed by atoms with E-state index in [9.17, 15) is 0 Å². The molecule has 16 heavy (non-hydrogen) atoms. The number of likely N-dealkylation sites (tertiary alicyclic amines) is 1. The smallest absolute Gasteiger partial charge is 0.0167 e. The predicted octanol–water partition coefficient (Wildman–Crippen LogP) is 2.87. The van der Waals surface area contributed by atoms with Crippen LogP contribution in [0.2, 0.25) is 0 Å². The van der Waals surface area contributed by atoms with Crippen molar-refractivity contribution in [2.75, 3.05) is 19.6 Å². The van der Waals surface area contributed by atoms with Gasteiger partial charge in [-0.05, 0) is 44.2 Å². The van der Waals surface area contributed by atoms with Crippen molar-refractivity contribution in [2.45, 2.75) is 58.9 Å². The molecule has 2 nitrogen and oxygen atoms in total. The lowest BCUT2D eigenvalue weighted by atomic mass is 9.86. The third-order valence-electron chi connectivity index (χ3n) is 4.00. The molecule has 0 aromatic carbocycles. The van der Waals surface area contributed by atoms with Crippen LogP contribution in [0.25, 0.3) is 0 Å². The van der Waals surface area contributed by atoms with Crippen LogP contribution >= 0.6 is 0 Å². The van der Waals surface area contributed by atoms with Gasteiger partial charge in [0.1, 0.15) is 0 Å². The molecule has 96 valence electrons. The van der Waals surface area contributed by atoms with Gasteiger partial charge in [0.05, 0.1) is 0 Å². The van der Waals surface area contributed by atoms with E-state index in [4.69, 9.17) is 5.73 Å². The number of rotatable bonds is 6. The molecule has 0 radical (unpaired) electrons. The quantitative estimate of drug-likeness (QED) is 0.754. The fraction of sp³-hybridized carbons (Fsp3) is 1.00. The standard InChI is InChI=1S/C14H30N2/c1-4-5-6-14(15)11-16-9-7-13(8-10-16)12(2)3/h12-14H,4-11,15H2,1-3H3. The predicted molar refractivity (Wildman–Crippen MR) is 71.5 cm³/mol. The second-order valence-electron chi connectivity index (χ2n) is 5.78. The molecule has 0 spiro atoms. The Balaban J connectivity index is 2.16. The Morgan fingerprint density at radius 3 is 2.38 bits per heavy atom. The van der Waals surface area contributed by atoms with Crippen LogP contribution in [0.5, 0.6) is 0 Å². The molecule has 0 bridgehead atoms. The topological polar surface area (TPSA) is 29.3 Å². The number of piperidine rings is 1. The van der Waals surface area contributed by atoms with Gasteiger partial charge in [-0.2, -0.15) is 0 Å².